The summed E-state index contributed by atoms with van der Waals surface area (Å²) in [5.74, 6) is -1.59. The molecule has 158 valence electrons. The molecule has 0 aromatic rings. The number of ketones is 2. The number of carboxylic acids is 1. The van der Waals surface area contributed by atoms with Gasteiger partial charge in [0.05, 0.1) is 0 Å². The molecule has 28 heavy (non-hydrogen) atoms. The van der Waals surface area contributed by atoms with E-state index in [0.29, 0.717) is 19.3 Å². The lowest BCUT2D eigenvalue weighted by Gasteiger charge is -2.20. The quantitative estimate of drug-likeness (QED) is 0.269. The average molecular weight is 395 g/mol. The summed E-state index contributed by atoms with van der Waals surface area (Å²) in [6.07, 6.45) is 10.4. The molecule has 3 atom stereocenters. The second kappa shape index (κ2) is 13.2. The van der Waals surface area contributed by atoms with E-state index in [1.54, 1.807) is 12.2 Å². The number of hydrogen-bond donors (Lipinski definition) is 1. The summed E-state index contributed by atoms with van der Waals surface area (Å²) in [5.41, 5.74) is 0. The molecule has 1 N–H and O–H groups in total. The van der Waals surface area contributed by atoms with Crippen molar-refractivity contribution in [1.29, 1.82) is 0 Å². The van der Waals surface area contributed by atoms with Crippen molar-refractivity contribution in [1.82, 2.24) is 0 Å². The van der Waals surface area contributed by atoms with E-state index < -0.39 is 18.0 Å². The van der Waals surface area contributed by atoms with Gasteiger partial charge in [0, 0.05) is 38.0 Å². The molecule has 0 bridgehead atoms. The fourth-order valence-corrected chi connectivity index (χ4v) is 3.75. The Balaban J connectivity index is 2.62. The van der Waals surface area contributed by atoms with Crippen LogP contribution in [0.25, 0.3) is 0 Å². The molecule has 0 heterocycles. The first-order chi connectivity index (χ1) is 13.3. The van der Waals surface area contributed by atoms with Gasteiger partial charge in [-0.1, -0.05) is 45.1 Å². The maximum Gasteiger partial charge on any atom is 0.303 e. The van der Waals surface area contributed by atoms with Gasteiger partial charge in [-0.3, -0.25) is 19.2 Å². The maximum atomic E-state index is 12.5. The van der Waals surface area contributed by atoms with Crippen molar-refractivity contribution in [2.45, 2.75) is 90.6 Å². The number of carboxylic acid groups (broad SMARTS) is 1. The van der Waals surface area contributed by atoms with Crippen LogP contribution in [0.15, 0.2) is 12.2 Å². The van der Waals surface area contributed by atoms with E-state index in [2.05, 4.69) is 6.92 Å². The number of carbonyl (C=O) groups excluding carboxylic acids is 3. The van der Waals surface area contributed by atoms with E-state index in [1.165, 1.54) is 6.92 Å². The first-order valence-electron chi connectivity index (χ1n) is 10.5. The molecule has 1 rings (SSSR count). The van der Waals surface area contributed by atoms with Crippen LogP contribution in [0.5, 0.6) is 0 Å². The van der Waals surface area contributed by atoms with Crippen LogP contribution in [-0.4, -0.2) is 34.7 Å². The van der Waals surface area contributed by atoms with Crippen molar-refractivity contribution in [2.24, 2.45) is 11.8 Å². The molecule has 6 nitrogen and oxygen atoms in total. The summed E-state index contributed by atoms with van der Waals surface area (Å²) in [5, 5.41) is 8.66. The molecule has 1 aliphatic carbocycles. The highest BCUT2D eigenvalue weighted by Gasteiger charge is 2.42. The van der Waals surface area contributed by atoms with Crippen molar-refractivity contribution in [3.8, 4) is 0 Å². The monoisotopic (exact) mass is 394 g/mol. The summed E-state index contributed by atoms with van der Waals surface area (Å²) in [7, 11) is 0. The largest absolute Gasteiger partial charge is 0.481 e. The van der Waals surface area contributed by atoms with Crippen molar-refractivity contribution < 1.29 is 29.0 Å². The van der Waals surface area contributed by atoms with Gasteiger partial charge in [-0.15, -0.1) is 0 Å². The summed E-state index contributed by atoms with van der Waals surface area (Å²) >= 11 is 0. The molecule has 0 spiro atoms. The molecule has 0 aromatic carbocycles. The van der Waals surface area contributed by atoms with Gasteiger partial charge in [0.15, 0.2) is 5.78 Å². The normalized spacial score (nSPS) is 21.9. The predicted octanol–water partition coefficient (Wildman–Crippen LogP) is 4.25. The van der Waals surface area contributed by atoms with Crippen LogP contribution < -0.4 is 0 Å². The van der Waals surface area contributed by atoms with Gasteiger partial charge in [-0.2, -0.15) is 0 Å². The number of esters is 1. The molecular weight excluding hydrogens is 360 g/mol. The Morgan fingerprint density at radius 2 is 1.75 bits per heavy atom. The standard InChI is InChI=1S/C22H34O6/c1-3-4-7-10-17(24)13-14-19-18(11-8-5-6-9-12-22(26)27)20(25)15-21(19)28-16(2)23/h13-14,18-19,21H,3-12,15H2,1-2H3,(H,26,27)/t18-,19-,21-/m0/s1. The third-order valence-electron chi connectivity index (χ3n) is 5.21. The maximum absolute atomic E-state index is 12.5. The Morgan fingerprint density at radius 3 is 2.39 bits per heavy atom. The number of ether oxygens (including phenoxy) is 1. The van der Waals surface area contributed by atoms with Crippen molar-refractivity contribution in [3.63, 3.8) is 0 Å². The van der Waals surface area contributed by atoms with Crippen LogP contribution in [0.1, 0.15) is 84.5 Å². The molecule has 0 radical (unpaired) electrons. The Kier molecular flexibility index (Phi) is 11.4. The second-order valence-corrected chi connectivity index (χ2v) is 7.63. The highest BCUT2D eigenvalue weighted by molar-refractivity contribution is 5.90. The molecule has 1 fully saturated rings. The van der Waals surface area contributed by atoms with E-state index in [9.17, 15) is 19.2 Å². The lowest BCUT2D eigenvalue weighted by molar-refractivity contribution is -0.147. The first-order valence-corrected chi connectivity index (χ1v) is 10.5. The number of hydrogen-bond acceptors (Lipinski definition) is 5. The van der Waals surface area contributed by atoms with Crippen LogP contribution in [-0.2, 0) is 23.9 Å². The minimum atomic E-state index is -0.788. The average Bonchev–Trinajstić information content (AvgIpc) is 2.90. The number of rotatable bonds is 14. The van der Waals surface area contributed by atoms with Crippen LogP contribution in [0.4, 0.5) is 0 Å². The zero-order valence-corrected chi connectivity index (χ0v) is 17.2. The van der Waals surface area contributed by atoms with E-state index in [0.717, 1.165) is 38.5 Å². The third-order valence-corrected chi connectivity index (χ3v) is 5.21. The summed E-state index contributed by atoms with van der Waals surface area (Å²) < 4.78 is 5.34. The fraction of sp³-hybridized carbons (Fsp3) is 0.727. The van der Waals surface area contributed by atoms with Gasteiger partial charge in [0.1, 0.15) is 11.9 Å². The highest BCUT2D eigenvalue weighted by atomic mass is 16.5. The van der Waals surface area contributed by atoms with Crippen LogP contribution >= 0.6 is 0 Å². The predicted molar refractivity (Wildman–Crippen MR) is 106 cm³/mol. The minimum absolute atomic E-state index is 0.0433. The van der Waals surface area contributed by atoms with Crippen LogP contribution in [0.2, 0.25) is 0 Å². The first kappa shape index (κ1) is 24.1. The molecule has 0 saturated heterocycles. The molecule has 1 saturated carbocycles. The van der Waals surface area contributed by atoms with Crippen molar-refractivity contribution >= 4 is 23.5 Å². The van der Waals surface area contributed by atoms with Gasteiger partial charge in [-0.05, 0) is 25.3 Å². The summed E-state index contributed by atoms with van der Waals surface area (Å²) in [6.45, 7) is 3.41. The number of aliphatic carboxylic acids is 1. The minimum Gasteiger partial charge on any atom is -0.481 e. The van der Waals surface area contributed by atoms with Gasteiger partial charge in [0.25, 0.3) is 0 Å². The Hall–Kier alpha value is -1.98. The smallest absolute Gasteiger partial charge is 0.303 e. The number of unbranched alkanes of at least 4 members (excludes halogenated alkanes) is 5. The number of allylic oxidation sites excluding steroid dienone is 1. The van der Waals surface area contributed by atoms with Crippen LogP contribution in [0, 0.1) is 11.8 Å². The third kappa shape index (κ3) is 9.29. The topological polar surface area (TPSA) is 97.7 Å². The van der Waals surface area contributed by atoms with Gasteiger partial charge < -0.3 is 9.84 Å². The van der Waals surface area contributed by atoms with Crippen LogP contribution in [0.3, 0.4) is 0 Å². The molecule has 6 heteroatoms. The zero-order chi connectivity index (χ0) is 20.9. The fourth-order valence-electron chi connectivity index (χ4n) is 3.75. The van der Waals surface area contributed by atoms with E-state index >= 15 is 0 Å². The summed E-state index contributed by atoms with van der Waals surface area (Å²) in [6, 6.07) is 0. The van der Waals surface area contributed by atoms with Crippen molar-refractivity contribution in [3.05, 3.63) is 12.2 Å². The van der Waals surface area contributed by atoms with Gasteiger partial charge in [0.2, 0.25) is 0 Å². The van der Waals surface area contributed by atoms with Gasteiger partial charge >= 0.3 is 11.9 Å². The van der Waals surface area contributed by atoms with Gasteiger partial charge in [-0.25, -0.2) is 0 Å². The summed E-state index contributed by atoms with van der Waals surface area (Å²) in [4.78, 5) is 46.4. The Morgan fingerprint density at radius 1 is 1.07 bits per heavy atom. The van der Waals surface area contributed by atoms with E-state index in [4.69, 9.17) is 9.84 Å². The Bertz CT molecular complexity index is 565. The Labute approximate surface area is 167 Å². The SMILES string of the molecule is CCCCCC(=O)C=C[C@@H]1[C@@H](OC(C)=O)CC(=O)[C@H]1CCCCCCC(=O)O. The molecule has 0 aliphatic heterocycles. The molecule has 0 aromatic heterocycles. The second-order valence-electron chi connectivity index (χ2n) is 7.63. The number of carbonyl (C=O) groups is 4. The molecule has 0 amide bonds. The lowest BCUT2D eigenvalue weighted by Crippen LogP contribution is -2.23. The van der Waals surface area contributed by atoms with Crippen molar-refractivity contribution in [2.75, 3.05) is 0 Å². The zero-order valence-electron chi connectivity index (χ0n) is 17.2. The number of Topliss-reactive ketones (excluding diaryl/α,β-unsaturated/α-hetero) is 1. The molecular formula is C22H34O6. The highest BCUT2D eigenvalue weighted by Crippen LogP contribution is 2.36. The molecule has 0 unspecified atom stereocenters. The molecule has 1 aliphatic rings. The van der Waals surface area contributed by atoms with E-state index in [1.807, 2.05) is 0 Å². The van der Waals surface area contributed by atoms with E-state index in [-0.39, 0.29) is 36.2 Å². The lowest BCUT2D eigenvalue weighted by atomic mass is 9.88.